The van der Waals surface area contributed by atoms with Gasteiger partial charge in [-0.3, -0.25) is 9.59 Å². The minimum Gasteiger partial charge on any atom is -0.349 e. The summed E-state index contributed by atoms with van der Waals surface area (Å²) in [4.78, 5) is 27.7. The highest BCUT2D eigenvalue weighted by molar-refractivity contribution is 5.84. The molecule has 0 aliphatic carbocycles. The van der Waals surface area contributed by atoms with Gasteiger partial charge < -0.3 is 15.5 Å². The molecule has 2 rings (SSSR count). The first-order valence-electron chi connectivity index (χ1n) is 7.31. The van der Waals surface area contributed by atoms with Crippen molar-refractivity contribution in [3.05, 3.63) is 35.9 Å². The topological polar surface area (TPSA) is 66.6 Å². The molecule has 5 heteroatoms. The van der Waals surface area contributed by atoms with Gasteiger partial charge in [0.25, 0.3) is 0 Å². The van der Waals surface area contributed by atoms with Gasteiger partial charge >= 0.3 is 0 Å². The van der Waals surface area contributed by atoms with Gasteiger partial charge in [-0.2, -0.15) is 0 Å². The second-order valence-electron chi connectivity index (χ2n) is 5.72. The van der Waals surface area contributed by atoms with Crippen LogP contribution in [0.1, 0.15) is 24.4 Å². The number of hydrogen-bond donors (Lipinski definition) is 1. The van der Waals surface area contributed by atoms with Crippen LogP contribution in [0.25, 0.3) is 0 Å². The molecule has 0 bridgehead atoms. The Morgan fingerprint density at radius 2 is 1.76 bits per heavy atom. The average Bonchev–Trinajstić information content (AvgIpc) is 2.53. The SMILES string of the molecule is CN(C)C(=O)C1CCN(C(=O)[C@H](N)c2ccccc2)CC1. The zero-order valence-corrected chi connectivity index (χ0v) is 12.7. The summed E-state index contributed by atoms with van der Waals surface area (Å²) in [5.74, 6) is 0.114. The summed E-state index contributed by atoms with van der Waals surface area (Å²) in [6, 6.07) is 8.77. The summed E-state index contributed by atoms with van der Waals surface area (Å²) >= 11 is 0. The fourth-order valence-electron chi connectivity index (χ4n) is 2.71. The largest absolute Gasteiger partial charge is 0.349 e. The van der Waals surface area contributed by atoms with E-state index in [0.717, 1.165) is 5.56 Å². The van der Waals surface area contributed by atoms with Crippen LogP contribution in [-0.4, -0.2) is 48.8 Å². The summed E-state index contributed by atoms with van der Waals surface area (Å²) in [5, 5.41) is 0. The monoisotopic (exact) mass is 289 g/mol. The molecule has 1 aliphatic heterocycles. The average molecular weight is 289 g/mol. The summed E-state index contributed by atoms with van der Waals surface area (Å²) in [6.45, 7) is 1.20. The molecule has 1 aliphatic rings. The predicted octanol–water partition coefficient (Wildman–Crippen LogP) is 1.01. The van der Waals surface area contributed by atoms with E-state index in [1.54, 1.807) is 23.9 Å². The highest BCUT2D eigenvalue weighted by Gasteiger charge is 2.30. The molecule has 0 saturated carbocycles. The molecule has 0 radical (unpaired) electrons. The van der Waals surface area contributed by atoms with E-state index in [4.69, 9.17) is 5.73 Å². The fraction of sp³-hybridized carbons (Fsp3) is 0.500. The van der Waals surface area contributed by atoms with Gasteiger partial charge in [-0.05, 0) is 18.4 Å². The van der Waals surface area contributed by atoms with Crippen molar-refractivity contribution >= 4 is 11.8 Å². The predicted molar refractivity (Wildman–Crippen MR) is 81.4 cm³/mol. The number of carbonyl (C=O) groups excluding carboxylic acids is 2. The molecule has 1 heterocycles. The second kappa shape index (κ2) is 6.72. The Kier molecular flexibility index (Phi) is 4.96. The minimum atomic E-state index is -0.618. The molecule has 114 valence electrons. The van der Waals surface area contributed by atoms with Crippen molar-refractivity contribution < 1.29 is 9.59 Å². The lowest BCUT2D eigenvalue weighted by atomic mass is 9.94. The first kappa shape index (κ1) is 15.5. The van der Waals surface area contributed by atoms with Gasteiger partial charge in [0.05, 0.1) is 0 Å². The molecule has 1 fully saturated rings. The molecular weight excluding hydrogens is 266 g/mol. The third-order valence-corrected chi connectivity index (χ3v) is 4.02. The Morgan fingerprint density at radius 3 is 2.29 bits per heavy atom. The second-order valence-corrected chi connectivity index (χ2v) is 5.72. The molecule has 0 unspecified atom stereocenters. The Bertz CT molecular complexity index is 494. The zero-order chi connectivity index (χ0) is 15.4. The van der Waals surface area contributed by atoms with E-state index < -0.39 is 6.04 Å². The van der Waals surface area contributed by atoms with Gasteiger partial charge in [0.15, 0.2) is 0 Å². The van der Waals surface area contributed by atoms with E-state index in [9.17, 15) is 9.59 Å². The van der Waals surface area contributed by atoms with Gasteiger partial charge in [-0.1, -0.05) is 30.3 Å². The first-order chi connectivity index (χ1) is 10.0. The van der Waals surface area contributed by atoms with Crippen molar-refractivity contribution in [3.8, 4) is 0 Å². The lowest BCUT2D eigenvalue weighted by Crippen LogP contribution is -2.45. The number of likely N-dealkylation sites (tertiary alicyclic amines) is 1. The number of nitrogens with two attached hydrogens (primary N) is 1. The van der Waals surface area contributed by atoms with Crippen LogP contribution in [0.2, 0.25) is 0 Å². The van der Waals surface area contributed by atoms with Gasteiger partial charge in [-0.15, -0.1) is 0 Å². The maximum Gasteiger partial charge on any atom is 0.244 e. The number of piperidine rings is 1. The number of nitrogens with zero attached hydrogens (tertiary/aromatic N) is 2. The highest BCUT2D eigenvalue weighted by Crippen LogP contribution is 2.21. The van der Waals surface area contributed by atoms with Crippen LogP contribution < -0.4 is 5.73 Å². The molecule has 2 amide bonds. The quantitative estimate of drug-likeness (QED) is 0.903. The molecule has 1 saturated heterocycles. The van der Waals surface area contributed by atoms with Crippen LogP contribution >= 0.6 is 0 Å². The van der Waals surface area contributed by atoms with Crippen LogP contribution in [0.15, 0.2) is 30.3 Å². The van der Waals surface area contributed by atoms with E-state index in [0.29, 0.717) is 25.9 Å². The minimum absolute atomic E-state index is 0.0250. The summed E-state index contributed by atoms with van der Waals surface area (Å²) < 4.78 is 0. The van der Waals surface area contributed by atoms with Crippen molar-refractivity contribution in [1.82, 2.24) is 9.80 Å². The molecule has 1 atom stereocenters. The summed E-state index contributed by atoms with van der Waals surface area (Å²) in [6.07, 6.45) is 1.43. The molecular formula is C16H23N3O2. The molecule has 21 heavy (non-hydrogen) atoms. The van der Waals surface area contributed by atoms with Gasteiger partial charge in [0, 0.05) is 33.1 Å². The third-order valence-electron chi connectivity index (χ3n) is 4.02. The number of carbonyl (C=O) groups is 2. The van der Waals surface area contributed by atoms with Crippen molar-refractivity contribution in [2.45, 2.75) is 18.9 Å². The molecule has 5 nitrogen and oxygen atoms in total. The van der Waals surface area contributed by atoms with E-state index in [2.05, 4.69) is 0 Å². The van der Waals surface area contributed by atoms with Gasteiger partial charge in [0.2, 0.25) is 11.8 Å². The van der Waals surface area contributed by atoms with E-state index in [1.165, 1.54) is 0 Å². The Labute approximate surface area is 125 Å². The smallest absolute Gasteiger partial charge is 0.244 e. The first-order valence-corrected chi connectivity index (χ1v) is 7.31. The highest BCUT2D eigenvalue weighted by atomic mass is 16.2. The third kappa shape index (κ3) is 3.61. The zero-order valence-electron chi connectivity index (χ0n) is 12.7. The van der Waals surface area contributed by atoms with Gasteiger partial charge in [0.1, 0.15) is 6.04 Å². The Hall–Kier alpha value is -1.88. The van der Waals surface area contributed by atoms with Gasteiger partial charge in [-0.25, -0.2) is 0 Å². The fourth-order valence-corrected chi connectivity index (χ4v) is 2.71. The van der Waals surface area contributed by atoms with E-state index >= 15 is 0 Å². The van der Waals surface area contributed by atoms with Crippen molar-refractivity contribution in [1.29, 1.82) is 0 Å². The number of benzene rings is 1. The van der Waals surface area contributed by atoms with Crippen molar-refractivity contribution in [2.75, 3.05) is 27.2 Å². The van der Waals surface area contributed by atoms with Crippen molar-refractivity contribution in [3.63, 3.8) is 0 Å². The van der Waals surface area contributed by atoms with E-state index in [-0.39, 0.29) is 17.7 Å². The molecule has 0 spiro atoms. The van der Waals surface area contributed by atoms with Crippen LogP contribution in [0.4, 0.5) is 0 Å². The lowest BCUT2D eigenvalue weighted by molar-refractivity contribution is -0.139. The summed E-state index contributed by atoms with van der Waals surface area (Å²) in [5.41, 5.74) is 6.87. The molecule has 1 aromatic rings. The molecule has 2 N–H and O–H groups in total. The Morgan fingerprint density at radius 1 is 1.19 bits per heavy atom. The van der Waals surface area contributed by atoms with E-state index in [1.807, 2.05) is 30.3 Å². The van der Waals surface area contributed by atoms with Crippen LogP contribution in [-0.2, 0) is 9.59 Å². The molecule has 1 aromatic carbocycles. The lowest BCUT2D eigenvalue weighted by Gasteiger charge is -2.33. The van der Waals surface area contributed by atoms with Crippen LogP contribution in [0.5, 0.6) is 0 Å². The van der Waals surface area contributed by atoms with Crippen LogP contribution in [0, 0.1) is 5.92 Å². The number of hydrogen-bond acceptors (Lipinski definition) is 3. The maximum absolute atomic E-state index is 12.4. The summed E-state index contributed by atoms with van der Waals surface area (Å²) in [7, 11) is 3.54. The molecule has 0 aromatic heterocycles. The number of rotatable bonds is 3. The van der Waals surface area contributed by atoms with Crippen molar-refractivity contribution in [2.24, 2.45) is 11.7 Å². The maximum atomic E-state index is 12.4. The Balaban J connectivity index is 1.93. The standard InChI is InChI=1S/C16H23N3O2/c1-18(2)15(20)13-8-10-19(11-9-13)16(21)14(17)12-6-4-3-5-7-12/h3-7,13-14H,8-11,17H2,1-2H3/t14-/m1/s1. The normalized spacial score (nSPS) is 17.4. The van der Waals surface area contributed by atoms with Crippen LogP contribution in [0.3, 0.4) is 0 Å². The number of amides is 2.